The van der Waals surface area contributed by atoms with Crippen molar-refractivity contribution in [2.75, 3.05) is 5.32 Å². The smallest absolute Gasteiger partial charge is 0.412 e. The number of aromatic amines is 1. The molecule has 0 unspecified atom stereocenters. The van der Waals surface area contributed by atoms with Gasteiger partial charge in [0, 0.05) is 35.0 Å². The Morgan fingerprint density at radius 2 is 1.89 bits per heavy atom. The molecule has 0 aliphatic heterocycles. The van der Waals surface area contributed by atoms with Crippen molar-refractivity contribution in [2.24, 2.45) is 17.8 Å². The Kier molecular flexibility index (Phi) is 7.15. The summed E-state index contributed by atoms with van der Waals surface area (Å²) >= 11 is 0. The first-order chi connectivity index (χ1) is 16.6. The van der Waals surface area contributed by atoms with Gasteiger partial charge >= 0.3 is 6.09 Å². The number of H-pyrrole nitrogens is 1. The highest BCUT2D eigenvalue weighted by Crippen LogP contribution is 2.39. The van der Waals surface area contributed by atoms with Crippen LogP contribution in [0.2, 0.25) is 0 Å². The SMILES string of the molecule is CC(C)(C)OC(=O)Nc1ccc2[nH]c(C(=O)N[C@H]3CCCC[C@H]3C(=O)C[C@H](C#N)C3CC3)cc2c1. The van der Waals surface area contributed by atoms with E-state index in [-0.39, 0.29) is 36.0 Å². The number of nitriles is 1. The largest absolute Gasteiger partial charge is 0.444 e. The Morgan fingerprint density at radius 1 is 1.14 bits per heavy atom. The van der Waals surface area contributed by atoms with Crippen LogP contribution in [-0.2, 0) is 9.53 Å². The predicted octanol–water partition coefficient (Wildman–Crippen LogP) is 5.31. The predicted molar refractivity (Wildman–Crippen MR) is 133 cm³/mol. The first-order valence-electron chi connectivity index (χ1n) is 12.5. The monoisotopic (exact) mass is 478 g/mol. The molecule has 1 aromatic carbocycles. The number of fused-ring (bicyclic) bond motifs is 1. The molecule has 35 heavy (non-hydrogen) atoms. The molecule has 8 nitrogen and oxygen atoms in total. The number of anilines is 1. The van der Waals surface area contributed by atoms with Crippen molar-refractivity contribution >= 4 is 34.4 Å². The fraction of sp³-hybridized carbons (Fsp3) is 0.556. The highest BCUT2D eigenvalue weighted by atomic mass is 16.6. The molecule has 8 heteroatoms. The van der Waals surface area contributed by atoms with Crippen molar-refractivity contribution < 1.29 is 19.1 Å². The fourth-order valence-corrected chi connectivity index (χ4v) is 4.87. The molecule has 2 aliphatic carbocycles. The average Bonchev–Trinajstić information content (AvgIpc) is 3.54. The summed E-state index contributed by atoms with van der Waals surface area (Å²) in [4.78, 5) is 41.3. The number of aromatic nitrogens is 1. The van der Waals surface area contributed by atoms with Crippen molar-refractivity contribution in [3.05, 3.63) is 30.0 Å². The van der Waals surface area contributed by atoms with Crippen LogP contribution in [0.3, 0.4) is 0 Å². The van der Waals surface area contributed by atoms with Crippen LogP contribution in [0.5, 0.6) is 0 Å². The summed E-state index contributed by atoms with van der Waals surface area (Å²) in [6, 6.07) is 9.14. The van der Waals surface area contributed by atoms with E-state index in [9.17, 15) is 19.6 Å². The number of nitrogens with one attached hydrogen (secondary N) is 3. The van der Waals surface area contributed by atoms with Gasteiger partial charge in [0.2, 0.25) is 0 Å². The number of Topliss-reactive ketones (excluding diaryl/α,β-unsaturated/α-hetero) is 1. The number of carbonyl (C=O) groups is 3. The summed E-state index contributed by atoms with van der Waals surface area (Å²) in [5, 5.41) is 16.0. The van der Waals surface area contributed by atoms with Gasteiger partial charge in [-0.2, -0.15) is 5.26 Å². The van der Waals surface area contributed by atoms with Crippen LogP contribution in [0.15, 0.2) is 24.3 Å². The lowest BCUT2D eigenvalue weighted by molar-refractivity contribution is -0.125. The van der Waals surface area contributed by atoms with E-state index in [0.29, 0.717) is 17.3 Å². The van der Waals surface area contributed by atoms with Crippen molar-refractivity contribution in [1.82, 2.24) is 10.3 Å². The Hall–Kier alpha value is -3.34. The quantitative estimate of drug-likeness (QED) is 0.497. The minimum atomic E-state index is -0.598. The molecular weight excluding hydrogens is 444 g/mol. The highest BCUT2D eigenvalue weighted by Gasteiger charge is 2.37. The van der Waals surface area contributed by atoms with E-state index in [1.54, 1.807) is 45.0 Å². The topological polar surface area (TPSA) is 124 Å². The number of carbonyl (C=O) groups excluding carboxylic acids is 3. The maximum absolute atomic E-state index is 13.1. The van der Waals surface area contributed by atoms with Crippen molar-refractivity contribution in [3.63, 3.8) is 0 Å². The molecule has 1 heterocycles. The maximum Gasteiger partial charge on any atom is 0.412 e. The van der Waals surface area contributed by atoms with E-state index in [0.717, 1.165) is 49.4 Å². The number of amides is 2. The van der Waals surface area contributed by atoms with Crippen LogP contribution >= 0.6 is 0 Å². The molecule has 3 N–H and O–H groups in total. The van der Waals surface area contributed by atoms with Crippen LogP contribution in [-0.4, -0.2) is 34.4 Å². The molecule has 2 aliphatic rings. The lowest BCUT2D eigenvalue weighted by Crippen LogP contribution is -2.45. The molecule has 0 spiro atoms. The molecule has 0 bridgehead atoms. The molecule has 2 fully saturated rings. The number of ether oxygens (including phenoxy) is 1. The van der Waals surface area contributed by atoms with E-state index in [4.69, 9.17) is 4.74 Å². The third-order valence-corrected chi connectivity index (χ3v) is 6.78. The van der Waals surface area contributed by atoms with Crippen LogP contribution in [0.1, 0.15) is 76.2 Å². The van der Waals surface area contributed by atoms with E-state index in [2.05, 4.69) is 21.7 Å². The number of hydrogen-bond donors (Lipinski definition) is 3. The molecule has 0 saturated heterocycles. The number of hydrogen-bond acceptors (Lipinski definition) is 5. The zero-order chi connectivity index (χ0) is 25.2. The summed E-state index contributed by atoms with van der Waals surface area (Å²) in [5.41, 5.74) is 1.14. The number of ketones is 1. The molecule has 186 valence electrons. The van der Waals surface area contributed by atoms with Gasteiger partial charge in [-0.15, -0.1) is 0 Å². The minimum absolute atomic E-state index is 0.1000. The summed E-state index contributed by atoms with van der Waals surface area (Å²) in [7, 11) is 0. The van der Waals surface area contributed by atoms with Gasteiger partial charge in [0.05, 0.1) is 12.0 Å². The van der Waals surface area contributed by atoms with Gasteiger partial charge in [0.1, 0.15) is 17.1 Å². The minimum Gasteiger partial charge on any atom is -0.444 e. The normalized spacial score (nSPS) is 21.1. The molecule has 1 aromatic heterocycles. The highest BCUT2D eigenvalue weighted by molar-refractivity contribution is 5.99. The second-order valence-corrected chi connectivity index (χ2v) is 10.8. The van der Waals surface area contributed by atoms with Gasteiger partial charge in [-0.05, 0) is 76.6 Å². The summed E-state index contributed by atoms with van der Waals surface area (Å²) in [6.07, 6.45) is 5.24. The molecule has 0 radical (unpaired) electrons. The molecule has 2 saturated carbocycles. The molecule has 2 aromatic rings. The molecule has 4 rings (SSSR count). The van der Waals surface area contributed by atoms with Gasteiger partial charge in [-0.25, -0.2) is 4.79 Å². The zero-order valence-electron chi connectivity index (χ0n) is 20.6. The molecule has 2 amide bonds. The lowest BCUT2D eigenvalue weighted by atomic mass is 9.79. The van der Waals surface area contributed by atoms with Gasteiger partial charge in [-0.3, -0.25) is 14.9 Å². The van der Waals surface area contributed by atoms with Gasteiger partial charge in [-0.1, -0.05) is 12.8 Å². The maximum atomic E-state index is 13.1. The van der Waals surface area contributed by atoms with Crippen LogP contribution in [0.25, 0.3) is 10.9 Å². The van der Waals surface area contributed by atoms with Crippen molar-refractivity contribution in [3.8, 4) is 6.07 Å². The first kappa shape index (κ1) is 24.8. The van der Waals surface area contributed by atoms with Crippen LogP contribution in [0.4, 0.5) is 10.5 Å². The Labute approximate surface area is 205 Å². The van der Waals surface area contributed by atoms with Crippen molar-refractivity contribution in [2.45, 2.75) is 77.4 Å². The number of rotatable bonds is 7. The summed E-state index contributed by atoms with van der Waals surface area (Å²) in [6.45, 7) is 5.39. The number of nitrogens with zero attached hydrogens (tertiary/aromatic N) is 1. The van der Waals surface area contributed by atoms with Gasteiger partial charge in [0.25, 0.3) is 5.91 Å². The third-order valence-electron chi connectivity index (χ3n) is 6.78. The Bertz CT molecular complexity index is 1150. The standard InChI is InChI=1S/C27H34N4O4/c1-27(2,3)35-26(34)29-19-10-11-21-17(12-19)13-23(30-21)25(33)31-22-7-5-4-6-20(22)24(32)14-18(15-28)16-8-9-16/h10-13,16,18,20,22,30H,4-9,14H2,1-3H3,(H,29,34)(H,31,33)/t18-,20-,22+/m1/s1. The Morgan fingerprint density at radius 3 is 2.57 bits per heavy atom. The average molecular weight is 479 g/mol. The van der Waals surface area contributed by atoms with Crippen LogP contribution < -0.4 is 10.6 Å². The molecule has 3 atom stereocenters. The second-order valence-electron chi connectivity index (χ2n) is 10.8. The lowest BCUT2D eigenvalue weighted by Gasteiger charge is -2.31. The van der Waals surface area contributed by atoms with E-state index in [1.807, 2.05) is 0 Å². The second kappa shape index (κ2) is 10.1. The van der Waals surface area contributed by atoms with Gasteiger partial charge < -0.3 is 15.0 Å². The van der Waals surface area contributed by atoms with Crippen LogP contribution in [0, 0.1) is 29.1 Å². The third kappa shape index (κ3) is 6.41. The summed E-state index contributed by atoms with van der Waals surface area (Å²) < 4.78 is 5.29. The fourth-order valence-electron chi connectivity index (χ4n) is 4.87. The van der Waals surface area contributed by atoms with E-state index < -0.39 is 11.7 Å². The number of benzene rings is 1. The Balaban J connectivity index is 1.41. The zero-order valence-corrected chi connectivity index (χ0v) is 20.6. The van der Waals surface area contributed by atoms with E-state index in [1.165, 1.54) is 0 Å². The molecular formula is C27H34N4O4. The van der Waals surface area contributed by atoms with Gasteiger partial charge in [0.15, 0.2) is 0 Å². The first-order valence-corrected chi connectivity index (χ1v) is 12.5. The van der Waals surface area contributed by atoms with Crippen molar-refractivity contribution in [1.29, 1.82) is 5.26 Å². The van der Waals surface area contributed by atoms with E-state index >= 15 is 0 Å². The summed E-state index contributed by atoms with van der Waals surface area (Å²) in [5.74, 6) is -0.231.